The largest absolute Gasteiger partial charge is 0.396 e. The fourth-order valence-corrected chi connectivity index (χ4v) is 3.39. The molecule has 0 atom stereocenters. The number of piperazine rings is 1. The molecule has 3 rings (SSSR count). The van der Waals surface area contributed by atoms with Crippen LogP contribution >= 0.6 is 0 Å². The van der Waals surface area contributed by atoms with Crippen molar-refractivity contribution in [1.82, 2.24) is 9.88 Å². The van der Waals surface area contributed by atoms with Crippen molar-refractivity contribution in [2.45, 2.75) is 20.3 Å². The number of hydrogen-bond donors (Lipinski definition) is 0. The lowest BCUT2D eigenvalue weighted by Crippen LogP contribution is -2.47. The van der Waals surface area contributed by atoms with Gasteiger partial charge in [0.05, 0.1) is 11.3 Å². The molecule has 1 saturated heterocycles. The maximum absolute atomic E-state index is 9.29. The smallest absolute Gasteiger partial charge is 0.146 e. The first-order valence-corrected chi connectivity index (χ1v) is 9.79. The molecule has 28 heavy (non-hydrogen) atoms. The first-order chi connectivity index (χ1) is 13.7. The van der Waals surface area contributed by atoms with Crippen LogP contribution in [0.25, 0.3) is 0 Å². The average Bonchev–Trinajstić information content (AvgIpc) is 2.74. The third-order valence-corrected chi connectivity index (χ3v) is 4.90. The van der Waals surface area contributed by atoms with E-state index in [0.717, 1.165) is 56.2 Å². The highest BCUT2D eigenvalue weighted by atomic mass is 16.6. The summed E-state index contributed by atoms with van der Waals surface area (Å²) < 4.78 is 0. The quantitative estimate of drug-likeness (QED) is 0.548. The summed E-state index contributed by atoms with van der Waals surface area (Å²) in [6, 6.07) is 14.3. The second-order valence-corrected chi connectivity index (χ2v) is 6.89. The normalized spacial score (nSPS) is 15.3. The lowest BCUT2D eigenvalue weighted by atomic mass is 10.0. The molecule has 0 spiro atoms. The van der Waals surface area contributed by atoms with Crippen molar-refractivity contribution in [3.63, 3.8) is 0 Å². The second-order valence-electron chi connectivity index (χ2n) is 6.89. The summed E-state index contributed by atoms with van der Waals surface area (Å²) in [5.41, 5.74) is 3.98. The van der Waals surface area contributed by atoms with Gasteiger partial charge in [0.1, 0.15) is 18.5 Å². The highest BCUT2D eigenvalue weighted by molar-refractivity contribution is 6.00. The average molecular weight is 377 g/mol. The highest BCUT2D eigenvalue weighted by Gasteiger charge is 2.20. The monoisotopic (exact) mass is 377 g/mol. The standard InChI is InChI=1S/C22H27N5O/c1-3-28-25-21(19-7-4-6-18(2)16-19)9-11-26-12-14-27(15-13-26)22-20(17-23)8-5-10-24-22/h4-8,10,16H,3,9,11-15H2,1-2H3. The second kappa shape index (κ2) is 9.86. The molecular formula is C22H27N5O. The summed E-state index contributed by atoms with van der Waals surface area (Å²) in [6.07, 6.45) is 2.59. The minimum atomic E-state index is 0.569. The van der Waals surface area contributed by atoms with Gasteiger partial charge in [-0.25, -0.2) is 4.98 Å². The van der Waals surface area contributed by atoms with Crippen molar-refractivity contribution >= 4 is 11.5 Å². The van der Waals surface area contributed by atoms with E-state index in [1.807, 2.05) is 19.1 Å². The molecule has 0 bridgehead atoms. The van der Waals surface area contributed by atoms with E-state index in [2.05, 4.69) is 57.2 Å². The fraction of sp³-hybridized carbons (Fsp3) is 0.409. The van der Waals surface area contributed by atoms with Crippen LogP contribution in [-0.4, -0.2) is 54.9 Å². The van der Waals surface area contributed by atoms with Crippen molar-refractivity contribution in [3.8, 4) is 6.07 Å². The van der Waals surface area contributed by atoms with Gasteiger partial charge in [-0.3, -0.25) is 4.90 Å². The van der Waals surface area contributed by atoms with Gasteiger partial charge in [-0.15, -0.1) is 0 Å². The van der Waals surface area contributed by atoms with Crippen molar-refractivity contribution in [2.24, 2.45) is 5.16 Å². The molecule has 1 aromatic heterocycles. The van der Waals surface area contributed by atoms with Gasteiger partial charge in [0.15, 0.2) is 0 Å². The zero-order valence-electron chi connectivity index (χ0n) is 16.6. The number of anilines is 1. The fourth-order valence-electron chi connectivity index (χ4n) is 3.39. The molecular weight excluding hydrogens is 350 g/mol. The molecule has 6 nitrogen and oxygen atoms in total. The predicted molar refractivity (Wildman–Crippen MR) is 112 cm³/mol. The van der Waals surface area contributed by atoms with Crippen molar-refractivity contribution < 1.29 is 4.84 Å². The van der Waals surface area contributed by atoms with Crippen LogP contribution in [0.1, 0.15) is 30.0 Å². The summed E-state index contributed by atoms with van der Waals surface area (Å²) in [5.74, 6) is 0.794. The Balaban J connectivity index is 1.58. The van der Waals surface area contributed by atoms with Crippen LogP contribution in [-0.2, 0) is 4.84 Å². The number of benzene rings is 1. The number of rotatable bonds is 7. The van der Waals surface area contributed by atoms with Gasteiger partial charge in [-0.05, 0) is 31.5 Å². The Kier molecular flexibility index (Phi) is 6.99. The number of hydrogen-bond acceptors (Lipinski definition) is 6. The summed E-state index contributed by atoms with van der Waals surface area (Å²) in [4.78, 5) is 14.4. The number of aryl methyl sites for hydroxylation is 1. The van der Waals surface area contributed by atoms with Gasteiger partial charge in [-0.1, -0.05) is 35.0 Å². The molecule has 0 N–H and O–H groups in total. The molecule has 2 heterocycles. The van der Waals surface area contributed by atoms with E-state index in [-0.39, 0.29) is 0 Å². The van der Waals surface area contributed by atoms with Crippen LogP contribution in [0.4, 0.5) is 5.82 Å². The van der Waals surface area contributed by atoms with E-state index >= 15 is 0 Å². The maximum atomic E-state index is 9.29. The minimum Gasteiger partial charge on any atom is -0.396 e. The van der Waals surface area contributed by atoms with E-state index in [1.165, 1.54) is 5.56 Å². The molecule has 1 aliphatic rings. The molecule has 0 saturated carbocycles. The van der Waals surface area contributed by atoms with Crippen LogP contribution in [0.15, 0.2) is 47.8 Å². The van der Waals surface area contributed by atoms with Crippen LogP contribution in [0.5, 0.6) is 0 Å². The lowest BCUT2D eigenvalue weighted by Gasteiger charge is -2.35. The summed E-state index contributed by atoms with van der Waals surface area (Å²) >= 11 is 0. The molecule has 0 amide bonds. The summed E-state index contributed by atoms with van der Waals surface area (Å²) in [7, 11) is 0. The van der Waals surface area contributed by atoms with Gasteiger partial charge in [0.2, 0.25) is 0 Å². The van der Waals surface area contributed by atoms with Gasteiger partial charge >= 0.3 is 0 Å². The zero-order valence-corrected chi connectivity index (χ0v) is 16.6. The van der Waals surface area contributed by atoms with E-state index in [4.69, 9.17) is 4.84 Å². The SMILES string of the molecule is CCON=C(CCN1CCN(c2ncccc2C#N)CC1)c1cccc(C)c1. The Labute approximate surface area is 167 Å². The molecule has 0 unspecified atom stereocenters. The third-order valence-electron chi connectivity index (χ3n) is 4.90. The van der Waals surface area contributed by atoms with Crippen molar-refractivity contribution in [2.75, 3.05) is 44.2 Å². The summed E-state index contributed by atoms with van der Waals surface area (Å²) in [5, 5.41) is 13.6. The van der Waals surface area contributed by atoms with E-state index in [1.54, 1.807) is 6.20 Å². The summed E-state index contributed by atoms with van der Waals surface area (Å²) in [6.45, 7) is 9.16. The molecule has 0 radical (unpaired) electrons. The first kappa shape index (κ1) is 19.8. The van der Waals surface area contributed by atoms with Crippen LogP contribution < -0.4 is 4.90 Å². The van der Waals surface area contributed by atoms with Gasteiger partial charge < -0.3 is 9.74 Å². The van der Waals surface area contributed by atoms with Gasteiger partial charge in [-0.2, -0.15) is 5.26 Å². The van der Waals surface area contributed by atoms with Crippen molar-refractivity contribution in [1.29, 1.82) is 5.26 Å². The van der Waals surface area contributed by atoms with Gasteiger partial charge in [0.25, 0.3) is 0 Å². The molecule has 1 fully saturated rings. The van der Waals surface area contributed by atoms with E-state index in [9.17, 15) is 5.26 Å². The molecule has 1 aliphatic heterocycles. The highest BCUT2D eigenvalue weighted by Crippen LogP contribution is 2.18. The van der Waals surface area contributed by atoms with Crippen LogP contribution in [0.2, 0.25) is 0 Å². The number of aromatic nitrogens is 1. The third kappa shape index (κ3) is 5.08. The molecule has 1 aromatic carbocycles. The topological polar surface area (TPSA) is 64.8 Å². The number of nitrogens with zero attached hydrogens (tertiary/aromatic N) is 5. The zero-order chi connectivity index (χ0) is 19.8. The molecule has 2 aromatic rings. The maximum Gasteiger partial charge on any atom is 0.146 e. The first-order valence-electron chi connectivity index (χ1n) is 9.79. The van der Waals surface area contributed by atoms with E-state index in [0.29, 0.717) is 12.2 Å². The van der Waals surface area contributed by atoms with Gasteiger partial charge in [0, 0.05) is 45.3 Å². The molecule has 6 heteroatoms. The molecule has 0 aliphatic carbocycles. The number of pyridine rings is 1. The lowest BCUT2D eigenvalue weighted by molar-refractivity contribution is 0.157. The molecule has 146 valence electrons. The Morgan fingerprint density at radius 3 is 2.75 bits per heavy atom. The number of nitriles is 1. The Morgan fingerprint density at radius 2 is 2.04 bits per heavy atom. The predicted octanol–water partition coefficient (Wildman–Crippen LogP) is 3.21. The Bertz CT molecular complexity index is 850. The van der Waals surface area contributed by atoms with Crippen molar-refractivity contribution in [3.05, 3.63) is 59.3 Å². The van der Waals surface area contributed by atoms with Crippen LogP contribution in [0, 0.1) is 18.3 Å². The number of oxime groups is 1. The van der Waals surface area contributed by atoms with Crippen LogP contribution in [0.3, 0.4) is 0 Å². The Hall–Kier alpha value is -2.91. The minimum absolute atomic E-state index is 0.569. The van der Waals surface area contributed by atoms with E-state index < -0.39 is 0 Å². The Morgan fingerprint density at radius 1 is 1.21 bits per heavy atom.